The Kier molecular flexibility index (Phi) is 4.30. The van der Waals surface area contributed by atoms with Crippen LogP contribution in [0, 0.1) is 10.1 Å². The van der Waals surface area contributed by atoms with E-state index >= 15 is 0 Å². The first kappa shape index (κ1) is 13.6. The molecule has 0 heterocycles. The van der Waals surface area contributed by atoms with Gasteiger partial charge in [0, 0.05) is 13.1 Å². The normalized spacial score (nSPS) is 9.50. The predicted octanol–water partition coefficient (Wildman–Crippen LogP) is 1.33. The lowest BCUT2D eigenvalue weighted by Gasteiger charge is -2.10. The second-order valence-corrected chi connectivity index (χ2v) is 3.07. The second kappa shape index (κ2) is 5.71. The predicted molar refractivity (Wildman–Crippen MR) is 61.3 cm³/mol. The molecule has 1 aromatic rings. The van der Waals surface area contributed by atoms with Gasteiger partial charge in [-0.1, -0.05) is 0 Å². The minimum atomic E-state index is -0.815. The van der Waals surface area contributed by atoms with E-state index in [0.717, 1.165) is 6.07 Å². The van der Waals surface area contributed by atoms with Crippen LogP contribution in [0.4, 0.5) is 10.5 Å². The highest BCUT2D eigenvalue weighted by Gasteiger charge is 2.22. The third-order valence-electron chi connectivity index (χ3n) is 2.07. The number of ether oxygens (including phenoxy) is 3. The van der Waals surface area contributed by atoms with Crippen LogP contribution in [0.15, 0.2) is 12.1 Å². The molecule has 0 aliphatic rings. The number of methoxy groups -OCH3 is 2. The molecule has 1 N–H and O–H groups in total. The van der Waals surface area contributed by atoms with E-state index in [-0.39, 0.29) is 17.2 Å². The summed E-state index contributed by atoms with van der Waals surface area (Å²) in [5, 5.41) is 13.0. The largest absolute Gasteiger partial charge is 0.493 e. The summed E-state index contributed by atoms with van der Waals surface area (Å²) < 4.78 is 14.7. The number of nitrogens with zero attached hydrogens (tertiary/aromatic N) is 1. The molecule has 98 valence electrons. The van der Waals surface area contributed by atoms with Crippen molar-refractivity contribution in [3.05, 3.63) is 22.2 Å². The molecule has 0 spiro atoms. The molecule has 0 fully saturated rings. The molecular weight excluding hydrogens is 244 g/mol. The van der Waals surface area contributed by atoms with Crippen LogP contribution in [0.1, 0.15) is 0 Å². The lowest BCUT2D eigenvalue weighted by atomic mass is 10.2. The van der Waals surface area contributed by atoms with Crippen molar-refractivity contribution in [2.45, 2.75) is 0 Å². The van der Waals surface area contributed by atoms with E-state index in [1.807, 2.05) is 0 Å². The number of nitrogens with one attached hydrogen (secondary N) is 1. The van der Waals surface area contributed by atoms with E-state index in [0.29, 0.717) is 0 Å². The molecule has 18 heavy (non-hydrogen) atoms. The zero-order chi connectivity index (χ0) is 13.7. The van der Waals surface area contributed by atoms with Gasteiger partial charge in [0.05, 0.1) is 25.2 Å². The smallest absolute Gasteiger partial charge is 0.412 e. The van der Waals surface area contributed by atoms with Crippen molar-refractivity contribution in [3.63, 3.8) is 0 Å². The highest BCUT2D eigenvalue weighted by Crippen LogP contribution is 2.39. The van der Waals surface area contributed by atoms with Crippen LogP contribution in [0.2, 0.25) is 0 Å². The third-order valence-corrected chi connectivity index (χ3v) is 2.07. The van der Waals surface area contributed by atoms with Gasteiger partial charge in [-0.3, -0.25) is 10.1 Å². The Labute approximate surface area is 103 Å². The average molecular weight is 256 g/mol. The van der Waals surface area contributed by atoms with Crippen molar-refractivity contribution in [2.24, 2.45) is 0 Å². The summed E-state index contributed by atoms with van der Waals surface area (Å²) in [6.07, 6.45) is -0.815. The molecule has 0 saturated heterocycles. The minimum absolute atomic E-state index is 0.174. The van der Waals surface area contributed by atoms with Gasteiger partial charge in [-0.05, 0) is 0 Å². The molecule has 1 aromatic carbocycles. The van der Waals surface area contributed by atoms with Gasteiger partial charge < -0.3 is 19.5 Å². The molecule has 1 rings (SSSR count). The maximum atomic E-state index is 11.1. The summed E-state index contributed by atoms with van der Waals surface area (Å²) in [6, 6.07) is 2.34. The molecule has 0 aliphatic heterocycles. The van der Waals surface area contributed by atoms with Crippen molar-refractivity contribution in [2.75, 3.05) is 21.3 Å². The van der Waals surface area contributed by atoms with Crippen molar-refractivity contribution in [1.82, 2.24) is 5.32 Å². The monoisotopic (exact) mass is 256 g/mol. The number of hydrogen-bond donors (Lipinski definition) is 1. The van der Waals surface area contributed by atoms with Crippen LogP contribution in [0.5, 0.6) is 17.2 Å². The van der Waals surface area contributed by atoms with E-state index in [1.54, 1.807) is 0 Å². The van der Waals surface area contributed by atoms with Crippen LogP contribution in [0.25, 0.3) is 0 Å². The summed E-state index contributed by atoms with van der Waals surface area (Å²) in [5.41, 5.74) is -0.392. The molecule has 0 aromatic heterocycles. The van der Waals surface area contributed by atoms with E-state index in [2.05, 4.69) is 5.32 Å². The fourth-order valence-electron chi connectivity index (χ4n) is 1.22. The highest BCUT2D eigenvalue weighted by molar-refractivity contribution is 5.72. The molecule has 8 heteroatoms. The van der Waals surface area contributed by atoms with Gasteiger partial charge in [0.1, 0.15) is 0 Å². The number of amides is 1. The van der Waals surface area contributed by atoms with E-state index in [9.17, 15) is 14.9 Å². The van der Waals surface area contributed by atoms with Crippen molar-refractivity contribution >= 4 is 11.8 Å². The first-order chi connectivity index (χ1) is 8.53. The van der Waals surface area contributed by atoms with E-state index in [1.165, 1.54) is 27.3 Å². The van der Waals surface area contributed by atoms with E-state index < -0.39 is 16.7 Å². The summed E-state index contributed by atoms with van der Waals surface area (Å²) >= 11 is 0. The lowest BCUT2D eigenvalue weighted by molar-refractivity contribution is -0.385. The van der Waals surface area contributed by atoms with Gasteiger partial charge in [-0.15, -0.1) is 0 Å². The quantitative estimate of drug-likeness (QED) is 0.644. The van der Waals surface area contributed by atoms with Gasteiger partial charge in [0.2, 0.25) is 5.75 Å². The van der Waals surface area contributed by atoms with Gasteiger partial charge >= 0.3 is 11.8 Å². The molecule has 1 amide bonds. The first-order valence-electron chi connectivity index (χ1n) is 4.83. The minimum Gasteiger partial charge on any atom is -0.493 e. The zero-order valence-corrected chi connectivity index (χ0v) is 10.1. The Morgan fingerprint density at radius 1 is 1.22 bits per heavy atom. The summed E-state index contributed by atoms with van der Waals surface area (Å²) in [4.78, 5) is 21.3. The number of nitro benzene ring substituents is 1. The van der Waals surface area contributed by atoms with Crippen LogP contribution < -0.4 is 19.5 Å². The Balaban J connectivity index is 3.28. The highest BCUT2D eigenvalue weighted by atomic mass is 16.6. The SMILES string of the molecule is CNC(=O)Oc1cc(OC)c(OC)cc1[N+](=O)[O-]. The Morgan fingerprint density at radius 2 is 1.78 bits per heavy atom. The Bertz CT molecular complexity index is 474. The summed E-state index contributed by atoms with van der Waals surface area (Å²) in [7, 11) is 4.06. The Morgan fingerprint density at radius 3 is 2.22 bits per heavy atom. The van der Waals surface area contributed by atoms with Gasteiger partial charge in [-0.2, -0.15) is 0 Å². The van der Waals surface area contributed by atoms with Gasteiger partial charge in [0.15, 0.2) is 11.5 Å². The van der Waals surface area contributed by atoms with E-state index in [4.69, 9.17) is 14.2 Å². The maximum absolute atomic E-state index is 11.1. The van der Waals surface area contributed by atoms with Crippen molar-refractivity contribution < 1.29 is 23.9 Å². The van der Waals surface area contributed by atoms with Crippen molar-refractivity contribution in [1.29, 1.82) is 0 Å². The molecule has 0 saturated carbocycles. The molecular formula is C10H12N2O6. The number of rotatable bonds is 4. The van der Waals surface area contributed by atoms with Crippen LogP contribution in [0.3, 0.4) is 0 Å². The molecule has 0 atom stereocenters. The fourth-order valence-corrected chi connectivity index (χ4v) is 1.22. The summed E-state index contributed by atoms with van der Waals surface area (Å²) in [5.74, 6) is 0.174. The average Bonchev–Trinajstić information content (AvgIpc) is 2.37. The first-order valence-corrected chi connectivity index (χ1v) is 4.83. The number of carbonyl (C=O) groups is 1. The fraction of sp³-hybridized carbons (Fsp3) is 0.300. The van der Waals surface area contributed by atoms with Crippen molar-refractivity contribution in [3.8, 4) is 17.2 Å². The number of benzene rings is 1. The summed E-state index contributed by atoms with van der Waals surface area (Å²) in [6.45, 7) is 0. The topological polar surface area (TPSA) is 99.9 Å². The van der Waals surface area contributed by atoms with Gasteiger partial charge in [-0.25, -0.2) is 4.79 Å². The number of carbonyl (C=O) groups excluding carboxylic acids is 1. The Hall–Kier alpha value is -2.51. The zero-order valence-electron chi connectivity index (χ0n) is 10.1. The molecule has 8 nitrogen and oxygen atoms in total. The standard InChI is InChI=1S/C10H12N2O6/c1-11-10(13)18-7-5-9(17-3)8(16-2)4-6(7)12(14)15/h4-5H,1-3H3,(H,11,13). The van der Waals surface area contributed by atoms with Gasteiger partial charge in [0.25, 0.3) is 0 Å². The third kappa shape index (κ3) is 2.78. The maximum Gasteiger partial charge on any atom is 0.412 e. The van der Waals surface area contributed by atoms with Crippen LogP contribution >= 0.6 is 0 Å². The lowest BCUT2D eigenvalue weighted by Crippen LogP contribution is -2.22. The molecule has 0 radical (unpaired) electrons. The number of hydrogen-bond acceptors (Lipinski definition) is 6. The number of nitro groups is 1. The van der Waals surface area contributed by atoms with Crippen LogP contribution in [-0.4, -0.2) is 32.3 Å². The second-order valence-electron chi connectivity index (χ2n) is 3.07. The molecule has 0 bridgehead atoms. The molecule has 0 aliphatic carbocycles. The van der Waals surface area contributed by atoms with Crippen LogP contribution in [-0.2, 0) is 0 Å². The molecule has 0 unspecified atom stereocenters.